The molecule has 11 heteroatoms. The first-order chi connectivity index (χ1) is 19.0. The van der Waals surface area contributed by atoms with Crippen LogP contribution in [-0.2, 0) is 28.4 Å². The van der Waals surface area contributed by atoms with Crippen molar-refractivity contribution in [3.05, 3.63) is 76.3 Å². The third kappa shape index (κ3) is 5.14. The molecule has 210 valence electrons. The second-order valence-corrected chi connectivity index (χ2v) is 12.2. The predicted molar refractivity (Wildman–Crippen MR) is 149 cm³/mol. The van der Waals surface area contributed by atoms with Crippen molar-refractivity contribution in [3.8, 4) is 11.5 Å². The Morgan fingerprint density at radius 1 is 1.15 bits per heavy atom. The molecule has 0 spiro atoms. The SMILES string of the molecule is COc1cc(C(CC(=O)O)c2ccc(C)c(CN3C[C@@H](C)Oc4cc(C)ccc4S3(=O)=O)c2)cc2nnn(C)c12. The normalized spacial score (nSPS) is 17.6. The Morgan fingerprint density at radius 3 is 2.65 bits per heavy atom. The van der Waals surface area contributed by atoms with Gasteiger partial charge in [-0.1, -0.05) is 29.5 Å². The van der Waals surface area contributed by atoms with Crippen molar-refractivity contribution in [1.29, 1.82) is 0 Å². The average Bonchev–Trinajstić information content (AvgIpc) is 3.24. The second-order valence-electron chi connectivity index (χ2n) is 10.3. The smallest absolute Gasteiger partial charge is 0.304 e. The highest BCUT2D eigenvalue weighted by molar-refractivity contribution is 7.89. The van der Waals surface area contributed by atoms with E-state index in [4.69, 9.17) is 9.47 Å². The number of carboxylic acids is 1. The predicted octanol–water partition coefficient (Wildman–Crippen LogP) is 4.17. The fourth-order valence-electron chi connectivity index (χ4n) is 5.25. The van der Waals surface area contributed by atoms with Gasteiger partial charge in [-0.15, -0.1) is 5.10 Å². The van der Waals surface area contributed by atoms with Crippen LogP contribution in [0.5, 0.6) is 11.5 Å². The van der Waals surface area contributed by atoms with Gasteiger partial charge in [-0.25, -0.2) is 13.1 Å². The molecular weight excluding hydrogens is 532 g/mol. The Labute approximate surface area is 233 Å². The van der Waals surface area contributed by atoms with Gasteiger partial charge < -0.3 is 14.6 Å². The van der Waals surface area contributed by atoms with Crippen molar-refractivity contribution in [1.82, 2.24) is 19.3 Å². The summed E-state index contributed by atoms with van der Waals surface area (Å²) in [6.07, 6.45) is -0.524. The number of benzene rings is 3. The summed E-state index contributed by atoms with van der Waals surface area (Å²) in [5.74, 6) is -0.584. The Hall–Kier alpha value is -3.96. The number of aryl methyl sites for hydroxylation is 3. The van der Waals surface area contributed by atoms with Gasteiger partial charge in [-0.05, 0) is 72.9 Å². The fraction of sp³-hybridized carbons (Fsp3) is 0.345. The molecule has 0 amide bonds. The monoisotopic (exact) mass is 564 g/mol. The zero-order valence-electron chi connectivity index (χ0n) is 23.1. The molecular formula is C29H32N4O6S. The molecule has 5 rings (SSSR count). The lowest BCUT2D eigenvalue weighted by Crippen LogP contribution is -2.35. The van der Waals surface area contributed by atoms with Crippen LogP contribution in [0.1, 0.15) is 47.1 Å². The minimum Gasteiger partial charge on any atom is -0.494 e. The first-order valence-corrected chi connectivity index (χ1v) is 14.4. The van der Waals surface area contributed by atoms with Gasteiger partial charge in [0.05, 0.1) is 20.1 Å². The molecule has 0 fully saturated rings. The van der Waals surface area contributed by atoms with E-state index >= 15 is 0 Å². The summed E-state index contributed by atoms with van der Waals surface area (Å²) >= 11 is 0. The van der Waals surface area contributed by atoms with Crippen molar-refractivity contribution in [2.24, 2.45) is 7.05 Å². The van der Waals surface area contributed by atoms with Crippen LogP contribution in [0.2, 0.25) is 0 Å². The van der Waals surface area contributed by atoms with E-state index < -0.39 is 21.9 Å². The highest BCUT2D eigenvalue weighted by Crippen LogP contribution is 2.37. The summed E-state index contributed by atoms with van der Waals surface area (Å²) in [6.45, 7) is 5.96. The number of sulfonamides is 1. The van der Waals surface area contributed by atoms with Crippen LogP contribution in [0.4, 0.5) is 0 Å². The molecule has 1 aliphatic heterocycles. The molecule has 2 heterocycles. The highest BCUT2D eigenvalue weighted by Gasteiger charge is 2.34. The molecule has 1 N–H and O–H groups in total. The van der Waals surface area contributed by atoms with Crippen LogP contribution in [0, 0.1) is 13.8 Å². The van der Waals surface area contributed by atoms with Crippen LogP contribution in [-0.4, -0.2) is 58.6 Å². The van der Waals surface area contributed by atoms with Gasteiger partial charge in [0, 0.05) is 19.5 Å². The zero-order valence-corrected chi connectivity index (χ0v) is 23.9. The molecule has 0 radical (unpaired) electrons. The Bertz CT molecular complexity index is 1720. The van der Waals surface area contributed by atoms with Crippen LogP contribution in [0.3, 0.4) is 0 Å². The van der Waals surface area contributed by atoms with E-state index in [1.165, 1.54) is 4.31 Å². The number of ether oxygens (including phenoxy) is 2. The maximum absolute atomic E-state index is 13.7. The molecule has 1 aliphatic rings. The number of rotatable bonds is 7. The van der Waals surface area contributed by atoms with Crippen molar-refractivity contribution < 1.29 is 27.8 Å². The Balaban J connectivity index is 1.56. The lowest BCUT2D eigenvalue weighted by molar-refractivity contribution is -0.137. The van der Waals surface area contributed by atoms with Gasteiger partial charge in [0.1, 0.15) is 33.5 Å². The van der Waals surface area contributed by atoms with Crippen molar-refractivity contribution >= 4 is 27.0 Å². The van der Waals surface area contributed by atoms with Crippen molar-refractivity contribution in [3.63, 3.8) is 0 Å². The molecule has 2 atom stereocenters. The number of hydrogen-bond donors (Lipinski definition) is 1. The minimum absolute atomic E-state index is 0.120. The van der Waals surface area contributed by atoms with E-state index in [0.29, 0.717) is 22.5 Å². The van der Waals surface area contributed by atoms with Crippen LogP contribution in [0.25, 0.3) is 11.0 Å². The molecule has 10 nitrogen and oxygen atoms in total. The molecule has 40 heavy (non-hydrogen) atoms. The van der Waals surface area contributed by atoms with E-state index in [1.54, 1.807) is 37.0 Å². The summed E-state index contributed by atoms with van der Waals surface area (Å²) in [7, 11) is -0.525. The number of carbonyl (C=O) groups is 1. The van der Waals surface area contributed by atoms with E-state index in [2.05, 4.69) is 10.3 Å². The molecule has 1 aromatic heterocycles. The third-order valence-electron chi connectivity index (χ3n) is 7.32. The molecule has 0 aliphatic carbocycles. The maximum atomic E-state index is 13.7. The van der Waals surface area contributed by atoms with E-state index in [1.807, 2.05) is 51.1 Å². The van der Waals surface area contributed by atoms with Gasteiger partial charge >= 0.3 is 5.97 Å². The molecule has 4 aromatic rings. The zero-order chi connectivity index (χ0) is 28.8. The van der Waals surface area contributed by atoms with Crippen LogP contribution >= 0.6 is 0 Å². The van der Waals surface area contributed by atoms with Gasteiger partial charge in [-0.3, -0.25) is 4.79 Å². The van der Waals surface area contributed by atoms with Crippen LogP contribution < -0.4 is 9.47 Å². The van der Waals surface area contributed by atoms with E-state index in [0.717, 1.165) is 27.8 Å². The largest absolute Gasteiger partial charge is 0.494 e. The third-order valence-corrected chi connectivity index (χ3v) is 9.17. The van der Waals surface area contributed by atoms with E-state index in [9.17, 15) is 18.3 Å². The number of carboxylic acid groups (broad SMARTS) is 1. The standard InChI is InChI=1S/C29H32N4O6S/c1-17-6-9-27-25(10-17)39-19(3)15-33(40(27,36)37)16-22-11-20(8-7-18(22)2)23(14-28(34)35)21-12-24-29(26(13-21)38-5)32(4)31-30-24/h6-13,19,23H,14-16H2,1-5H3,(H,34,35)/t19-,23?/m1/s1. The number of aliphatic carboxylic acids is 1. The number of methoxy groups -OCH3 is 1. The van der Waals surface area contributed by atoms with Gasteiger partial charge in [0.15, 0.2) is 0 Å². The lowest BCUT2D eigenvalue weighted by Gasteiger charge is -2.24. The van der Waals surface area contributed by atoms with Crippen molar-refractivity contribution in [2.45, 2.75) is 50.7 Å². The Morgan fingerprint density at radius 2 is 1.93 bits per heavy atom. The quantitative estimate of drug-likeness (QED) is 0.355. The van der Waals surface area contributed by atoms with Gasteiger partial charge in [0.2, 0.25) is 10.0 Å². The first-order valence-electron chi connectivity index (χ1n) is 12.9. The van der Waals surface area contributed by atoms with E-state index in [-0.39, 0.29) is 30.5 Å². The number of fused-ring (bicyclic) bond motifs is 2. The summed E-state index contributed by atoms with van der Waals surface area (Å²) < 4.78 is 42.1. The average molecular weight is 565 g/mol. The topological polar surface area (TPSA) is 124 Å². The summed E-state index contributed by atoms with van der Waals surface area (Å²) in [4.78, 5) is 12.1. The van der Waals surface area contributed by atoms with Crippen LogP contribution in [0.15, 0.2) is 53.4 Å². The highest BCUT2D eigenvalue weighted by atomic mass is 32.2. The molecule has 3 aromatic carbocycles. The van der Waals surface area contributed by atoms with Gasteiger partial charge in [-0.2, -0.15) is 4.31 Å². The molecule has 0 saturated carbocycles. The molecule has 1 unspecified atom stereocenters. The maximum Gasteiger partial charge on any atom is 0.304 e. The number of nitrogens with zero attached hydrogens (tertiary/aromatic N) is 4. The fourth-order valence-corrected chi connectivity index (χ4v) is 6.85. The summed E-state index contributed by atoms with van der Waals surface area (Å²) in [6, 6.07) is 14.4. The summed E-state index contributed by atoms with van der Waals surface area (Å²) in [5, 5.41) is 18.1. The molecule has 0 bridgehead atoms. The minimum atomic E-state index is -3.84. The summed E-state index contributed by atoms with van der Waals surface area (Å²) in [5.41, 5.74) is 5.38. The Kier molecular flexibility index (Phi) is 7.28. The first kappa shape index (κ1) is 27.6. The number of hydrogen-bond acceptors (Lipinski definition) is 7. The van der Waals surface area contributed by atoms with Crippen molar-refractivity contribution in [2.75, 3.05) is 13.7 Å². The molecule has 0 saturated heterocycles. The number of aromatic nitrogens is 3. The lowest BCUT2D eigenvalue weighted by atomic mass is 9.86. The van der Waals surface area contributed by atoms with Gasteiger partial charge in [0.25, 0.3) is 0 Å². The second kappa shape index (κ2) is 10.5.